The Morgan fingerprint density at radius 3 is 2.86 bits per heavy atom. The second-order valence-electron chi connectivity index (χ2n) is 6.61. The molecule has 4 heteroatoms. The van der Waals surface area contributed by atoms with Gasteiger partial charge < -0.3 is 15.0 Å². The van der Waals surface area contributed by atoms with E-state index in [1.807, 2.05) is 17.9 Å². The van der Waals surface area contributed by atoms with Crippen LogP contribution in [0.3, 0.4) is 0 Å². The molecule has 1 saturated heterocycles. The van der Waals surface area contributed by atoms with Crippen molar-refractivity contribution in [3.05, 3.63) is 35.0 Å². The van der Waals surface area contributed by atoms with Gasteiger partial charge in [-0.3, -0.25) is 4.79 Å². The number of aromatic amines is 1. The Kier molecular flexibility index (Phi) is 3.96. The van der Waals surface area contributed by atoms with E-state index in [1.54, 1.807) is 0 Å². The maximum Gasteiger partial charge on any atom is 0.270 e. The van der Waals surface area contributed by atoms with Gasteiger partial charge in [0.25, 0.3) is 5.91 Å². The first kappa shape index (κ1) is 15.1. The number of benzene rings is 1. The van der Waals surface area contributed by atoms with Crippen LogP contribution < -0.4 is 0 Å². The van der Waals surface area contributed by atoms with Gasteiger partial charge in [-0.2, -0.15) is 0 Å². The molecule has 1 amide bonds. The molecule has 1 aromatic heterocycles. The molecule has 22 heavy (non-hydrogen) atoms. The van der Waals surface area contributed by atoms with E-state index in [2.05, 4.69) is 31.0 Å². The Balaban J connectivity index is 1.96. The van der Waals surface area contributed by atoms with E-state index < -0.39 is 0 Å². The van der Waals surface area contributed by atoms with Crippen molar-refractivity contribution in [2.45, 2.75) is 39.7 Å². The summed E-state index contributed by atoms with van der Waals surface area (Å²) in [6, 6.07) is 6.43. The van der Waals surface area contributed by atoms with E-state index >= 15 is 0 Å². The molecule has 1 fully saturated rings. The lowest BCUT2D eigenvalue weighted by Gasteiger charge is -2.37. The van der Waals surface area contributed by atoms with Crippen LogP contribution in [0.25, 0.3) is 10.9 Å². The fraction of sp³-hybridized carbons (Fsp3) is 0.500. The molecule has 1 aromatic carbocycles. The Labute approximate surface area is 131 Å². The van der Waals surface area contributed by atoms with E-state index in [0.717, 1.165) is 29.3 Å². The number of aryl methyl sites for hydroxylation is 2. The molecule has 0 bridgehead atoms. The Bertz CT molecular complexity index is 704. The Hall–Kier alpha value is -1.81. The number of aromatic nitrogens is 1. The van der Waals surface area contributed by atoms with Gasteiger partial charge in [0.2, 0.25) is 0 Å². The maximum atomic E-state index is 13.0. The molecule has 0 radical (unpaired) electrons. The van der Waals surface area contributed by atoms with Crippen LogP contribution in [0.4, 0.5) is 0 Å². The van der Waals surface area contributed by atoms with Crippen molar-refractivity contribution in [2.24, 2.45) is 5.92 Å². The number of hydrogen-bond donors (Lipinski definition) is 2. The van der Waals surface area contributed by atoms with Crippen LogP contribution in [0.5, 0.6) is 0 Å². The average Bonchev–Trinajstić information content (AvgIpc) is 2.84. The lowest BCUT2D eigenvalue weighted by Crippen LogP contribution is -2.46. The predicted octanol–water partition coefficient (Wildman–Crippen LogP) is 3.02. The van der Waals surface area contributed by atoms with Crippen molar-refractivity contribution in [2.75, 3.05) is 13.2 Å². The molecule has 2 N–H and O–H groups in total. The van der Waals surface area contributed by atoms with Crippen LogP contribution in [0, 0.1) is 19.8 Å². The molecular formula is C18H24N2O2. The van der Waals surface area contributed by atoms with Crippen molar-refractivity contribution in [3.63, 3.8) is 0 Å². The molecule has 0 aliphatic carbocycles. The summed E-state index contributed by atoms with van der Waals surface area (Å²) in [6.45, 7) is 6.95. The molecular weight excluding hydrogens is 276 g/mol. The summed E-state index contributed by atoms with van der Waals surface area (Å²) < 4.78 is 0. The van der Waals surface area contributed by atoms with Crippen LogP contribution in [-0.4, -0.2) is 40.1 Å². The minimum absolute atomic E-state index is 0.0528. The predicted molar refractivity (Wildman–Crippen MR) is 88.1 cm³/mol. The van der Waals surface area contributed by atoms with Crippen LogP contribution in [0.15, 0.2) is 18.2 Å². The van der Waals surface area contributed by atoms with Gasteiger partial charge in [-0.15, -0.1) is 0 Å². The Morgan fingerprint density at radius 1 is 1.36 bits per heavy atom. The monoisotopic (exact) mass is 300 g/mol. The van der Waals surface area contributed by atoms with Crippen LogP contribution in [0.1, 0.15) is 41.4 Å². The molecule has 3 rings (SSSR count). The number of carbonyl (C=O) groups is 1. The number of likely N-dealkylation sites (tertiary alicyclic amines) is 1. The standard InChI is InChI=1S/C18H24N2O2/c1-11-4-7-16-15(8-11)13(3)17(19-16)18(22)20-9-14(10-21)6-5-12(20)2/h4,7-8,12,14,19,21H,5-6,9-10H2,1-3H3. The third-order valence-electron chi connectivity index (χ3n) is 4.93. The smallest absolute Gasteiger partial charge is 0.270 e. The first-order chi connectivity index (χ1) is 10.5. The highest BCUT2D eigenvalue weighted by atomic mass is 16.3. The summed E-state index contributed by atoms with van der Waals surface area (Å²) in [6.07, 6.45) is 1.95. The number of aliphatic hydroxyl groups is 1. The quantitative estimate of drug-likeness (QED) is 0.895. The highest BCUT2D eigenvalue weighted by Gasteiger charge is 2.30. The second kappa shape index (κ2) is 5.76. The van der Waals surface area contributed by atoms with Gasteiger partial charge in [-0.05, 0) is 57.2 Å². The van der Waals surface area contributed by atoms with Crippen molar-refractivity contribution < 1.29 is 9.90 Å². The summed E-state index contributed by atoms with van der Waals surface area (Å²) >= 11 is 0. The van der Waals surface area contributed by atoms with Gasteiger partial charge in [0.1, 0.15) is 5.69 Å². The number of amides is 1. The zero-order chi connectivity index (χ0) is 15.9. The molecule has 2 aromatic rings. The zero-order valence-electron chi connectivity index (χ0n) is 13.5. The molecule has 2 atom stereocenters. The topological polar surface area (TPSA) is 56.3 Å². The number of H-pyrrole nitrogens is 1. The fourth-order valence-corrected chi connectivity index (χ4v) is 3.41. The number of rotatable bonds is 2. The SMILES string of the molecule is Cc1ccc2[nH]c(C(=O)N3CC(CO)CCC3C)c(C)c2c1. The Morgan fingerprint density at radius 2 is 2.14 bits per heavy atom. The van der Waals surface area contributed by atoms with Crippen molar-refractivity contribution >= 4 is 16.8 Å². The number of carbonyl (C=O) groups excluding carboxylic acids is 1. The van der Waals surface area contributed by atoms with E-state index in [1.165, 1.54) is 5.56 Å². The highest BCUT2D eigenvalue weighted by Crippen LogP contribution is 2.27. The molecule has 1 aliphatic heterocycles. The van der Waals surface area contributed by atoms with Gasteiger partial charge in [0, 0.05) is 30.1 Å². The van der Waals surface area contributed by atoms with Crippen LogP contribution >= 0.6 is 0 Å². The minimum atomic E-state index is 0.0528. The zero-order valence-corrected chi connectivity index (χ0v) is 13.5. The number of aliphatic hydroxyl groups excluding tert-OH is 1. The summed E-state index contributed by atoms with van der Waals surface area (Å²) in [5, 5.41) is 10.5. The molecule has 2 unspecified atom stereocenters. The minimum Gasteiger partial charge on any atom is -0.396 e. The maximum absolute atomic E-state index is 13.0. The fourth-order valence-electron chi connectivity index (χ4n) is 3.41. The number of fused-ring (bicyclic) bond motifs is 1. The summed E-state index contributed by atoms with van der Waals surface area (Å²) in [4.78, 5) is 18.2. The summed E-state index contributed by atoms with van der Waals surface area (Å²) in [5.74, 6) is 0.254. The molecule has 1 aliphatic rings. The highest BCUT2D eigenvalue weighted by molar-refractivity contribution is 6.01. The van der Waals surface area contributed by atoms with Crippen molar-refractivity contribution in [3.8, 4) is 0 Å². The van der Waals surface area contributed by atoms with Gasteiger partial charge in [-0.1, -0.05) is 11.6 Å². The average molecular weight is 300 g/mol. The summed E-state index contributed by atoms with van der Waals surface area (Å²) in [7, 11) is 0. The molecule has 0 spiro atoms. The van der Waals surface area contributed by atoms with E-state index in [-0.39, 0.29) is 24.5 Å². The third kappa shape index (κ3) is 2.52. The van der Waals surface area contributed by atoms with Gasteiger partial charge in [0.05, 0.1) is 0 Å². The second-order valence-corrected chi connectivity index (χ2v) is 6.61. The number of nitrogens with one attached hydrogen (secondary N) is 1. The van der Waals surface area contributed by atoms with Crippen LogP contribution in [-0.2, 0) is 0 Å². The van der Waals surface area contributed by atoms with Crippen molar-refractivity contribution in [1.29, 1.82) is 0 Å². The first-order valence-electron chi connectivity index (χ1n) is 8.02. The molecule has 0 saturated carbocycles. The molecule has 118 valence electrons. The largest absolute Gasteiger partial charge is 0.396 e. The van der Waals surface area contributed by atoms with Gasteiger partial charge in [0.15, 0.2) is 0 Å². The molecule has 4 nitrogen and oxygen atoms in total. The lowest BCUT2D eigenvalue weighted by molar-refractivity contribution is 0.0483. The number of piperidine rings is 1. The third-order valence-corrected chi connectivity index (χ3v) is 4.93. The van der Waals surface area contributed by atoms with Gasteiger partial charge >= 0.3 is 0 Å². The van der Waals surface area contributed by atoms with E-state index in [9.17, 15) is 9.90 Å². The normalized spacial score (nSPS) is 22.3. The van der Waals surface area contributed by atoms with Crippen LogP contribution in [0.2, 0.25) is 0 Å². The van der Waals surface area contributed by atoms with E-state index in [4.69, 9.17) is 0 Å². The lowest BCUT2D eigenvalue weighted by atomic mass is 9.93. The number of nitrogens with zero attached hydrogens (tertiary/aromatic N) is 1. The molecule has 2 heterocycles. The summed E-state index contributed by atoms with van der Waals surface area (Å²) in [5.41, 5.74) is 3.91. The van der Waals surface area contributed by atoms with Crippen molar-refractivity contribution in [1.82, 2.24) is 9.88 Å². The number of hydrogen-bond acceptors (Lipinski definition) is 2. The first-order valence-corrected chi connectivity index (χ1v) is 8.02. The van der Waals surface area contributed by atoms with Gasteiger partial charge in [-0.25, -0.2) is 0 Å². The van der Waals surface area contributed by atoms with E-state index in [0.29, 0.717) is 12.2 Å².